The van der Waals surface area contributed by atoms with Crippen LogP contribution in [0.15, 0.2) is 23.7 Å². The summed E-state index contributed by atoms with van der Waals surface area (Å²) in [5.41, 5.74) is 8.82. The minimum atomic E-state index is -0.989. The summed E-state index contributed by atoms with van der Waals surface area (Å²) in [5, 5.41) is 9.00. The van der Waals surface area contributed by atoms with Gasteiger partial charge in [0.25, 0.3) is 0 Å². The van der Waals surface area contributed by atoms with Gasteiger partial charge in [0.1, 0.15) is 10.6 Å². The highest BCUT2D eigenvalue weighted by molar-refractivity contribution is 7.12. The molecule has 2 aromatic rings. The molecule has 0 radical (unpaired) electrons. The van der Waals surface area contributed by atoms with Gasteiger partial charge in [-0.05, 0) is 18.2 Å². The zero-order valence-corrected chi connectivity index (χ0v) is 9.82. The molecule has 2 rings (SSSR count). The van der Waals surface area contributed by atoms with E-state index in [9.17, 15) is 4.79 Å². The van der Waals surface area contributed by atoms with E-state index in [0.717, 1.165) is 11.3 Å². The van der Waals surface area contributed by atoms with Crippen molar-refractivity contribution >= 4 is 23.0 Å². The standard InChI is InChI=1S/C11H10N2O3S/c1-16-8-3-2-6(4-7(8)12)9-10(11(14)15)17-5-13-9/h2-5H,12H2,1H3,(H,14,15). The number of benzene rings is 1. The maximum Gasteiger partial charge on any atom is 0.348 e. The van der Waals surface area contributed by atoms with E-state index in [2.05, 4.69) is 4.98 Å². The van der Waals surface area contributed by atoms with Crippen molar-refractivity contribution in [1.29, 1.82) is 0 Å². The maximum absolute atomic E-state index is 11.0. The Morgan fingerprint density at radius 2 is 2.29 bits per heavy atom. The molecule has 0 amide bonds. The van der Waals surface area contributed by atoms with Gasteiger partial charge in [-0.2, -0.15) is 0 Å². The Morgan fingerprint density at radius 1 is 1.53 bits per heavy atom. The number of carboxylic acids is 1. The number of hydrogen-bond donors (Lipinski definition) is 2. The summed E-state index contributed by atoms with van der Waals surface area (Å²) >= 11 is 1.09. The molecule has 0 aliphatic rings. The number of anilines is 1. The fraction of sp³-hybridized carbons (Fsp3) is 0.0909. The second-order valence-electron chi connectivity index (χ2n) is 3.29. The van der Waals surface area contributed by atoms with Crippen molar-refractivity contribution in [3.8, 4) is 17.0 Å². The monoisotopic (exact) mass is 250 g/mol. The van der Waals surface area contributed by atoms with Gasteiger partial charge in [0.2, 0.25) is 0 Å². The maximum atomic E-state index is 11.0. The molecule has 0 aliphatic heterocycles. The minimum absolute atomic E-state index is 0.203. The van der Waals surface area contributed by atoms with E-state index in [-0.39, 0.29) is 4.88 Å². The molecule has 1 aromatic heterocycles. The second kappa shape index (κ2) is 4.42. The summed E-state index contributed by atoms with van der Waals surface area (Å²) in [7, 11) is 1.52. The molecule has 0 spiro atoms. The van der Waals surface area contributed by atoms with Gasteiger partial charge in [-0.3, -0.25) is 0 Å². The molecule has 0 fully saturated rings. The summed E-state index contributed by atoms with van der Waals surface area (Å²) in [5.74, 6) is -0.433. The summed E-state index contributed by atoms with van der Waals surface area (Å²) in [4.78, 5) is 15.2. The highest BCUT2D eigenvalue weighted by Crippen LogP contribution is 2.30. The molecule has 0 saturated carbocycles. The van der Waals surface area contributed by atoms with Gasteiger partial charge >= 0.3 is 5.97 Å². The Hall–Kier alpha value is -2.08. The Morgan fingerprint density at radius 3 is 2.88 bits per heavy atom. The Labute approximate surface area is 101 Å². The Bertz CT molecular complexity index is 566. The first-order valence-electron chi connectivity index (χ1n) is 4.74. The molecule has 6 heteroatoms. The van der Waals surface area contributed by atoms with E-state index in [0.29, 0.717) is 22.7 Å². The van der Waals surface area contributed by atoms with Crippen LogP contribution in [0.4, 0.5) is 5.69 Å². The zero-order chi connectivity index (χ0) is 12.4. The van der Waals surface area contributed by atoms with Crippen LogP contribution in [0.2, 0.25) is 0 Å². The third-order valence-corrected chi connectivity index (χ3v) is 3.08. The zero-order valence-electron chi connectivity index (χ0n) is 9.01. The summed E-state index contributed by atoms with van der Waals surface area (Å²) in [6.45, 7) is 0. The smallest absolute Gasteiger partial charge is 0.348 e. The van der Waals surface area contributed by atoms with Crippen molar-refractivity contribution < 1.29 is 14.6 Å². The normalized spacial score (nSPS) is 10.2. The number of rotatable bonds is 3. The van der Waals surface area contributed by atoms with Crippen LogP contribution in [0.3, 0.4) is 0 Å². The van der Waals surface area contributed by atoms with Gasteiger partial charge in [-0.25, -0.2) is 9.78 Å². The van der Waals surface area contributed by atoms with Crippen molar-refractivity contribution in [3.05, 3.63) is 28.6 Å². The van der Waals surface area contributed by atoms with Crippen molar-refractivity contribution in [2.24, 2.45) is 0 Å². The van der Waals surface area contributed by atoms with Gasteiger partial charge in [-0.1, -0.05) is 0 Å². The number of nitrogen functional groups attached to an aromatic ring is 1. The topological polar surface area (TPSA) is 85.4 Å². The Kier molecular flexibility index (Phi) is 2.97. The molecule has 0 unspecified atom stereocenters. The first kappa shape index (κ1) is 11.4. The van der Waals surface area contributed by atoms with Crippen molar-refractivity contribution in [3.63, 3.8) is 0 Å². The largest absolute Gasteiger partial charge is 0.495 e. The summed E-state index contributed by atoms with van der Waals surface area (Å²) in [6, 6.07) is 5.08. The lowest BCUT2D eigenvalue weighted by Crippen LogP contribution is -1.97. The summed E-state index contributed by atoms with van der Waals surface area (Å²) < 4.78 is 5.04. The number of thiazole rings is 1. The van der Waals surface area contributed by atoms with Crippen LogP contribution < -0.4 is 10.5 Å². The number of carbonyl (C=O) groups is 1. The molecule has 0 atom stereocenters. The van der Waals surface area contributed by atoms with E-state index in [1.54, 1.807) is 18.2 Å². The van der Waals surface area contributed by atoms with E-state index in [1.807, 2.05) is 0 Å². The first-order valence-corrected chi connectivity index (χ1v) is 5.62. The molecule has 17 heavy (non-hydrogen) atoms. The number of carboxylic acid groups (broad SMARTS) is 1. The SMILES string of the molecule is COc1ccc(-c2ncsc2C(=O)O)cc1N. The third-order valence-electron chi connectivity index (χ3n) is 2.26. The van der Waals surface area contributed by atoms with E-state index < -0.39 is 5.97 Å². The van der Waals surface area contributed by atoms with Gasteiger partial charge in [0.05, 0.1) is 24.0 Å². The number of methoxy groups -OCH3 is 1. The lowest BCUT2D eigenvalue weighted by Gasteiger charge is -2.06. The molecule has 0 bridgehead atoms. The molecule has 1 aromatic carbocycles. The molecular weight excluding hydrogens is 240 g/mol. The van der Waals surface area contributed by atoms with Crippen LogP contribution in [-0.4, -0.2) is 23.2 Å². The van der Waals surface area contributed by atoms with Crippen molar-refractivity contribution in [1.82, 2.24) is 4.98 Å². The summed E-state index contributed by atoms with van der Waals surface area (Å²) in [6.07, 6.45) is 0. The predicted octanol–water partition coefficient (Wildman–Crippen LogP) is 2.10. The van der Waals surface area contributed by atoms with Crippen LogP contribution >= 0.6 is 11.3 Å². The van der Waals surface area contributed by atoms with Crippen LogP contribution in [0.25, 0.3) is 11.3 Å². The predicted molar refractivity (Wildman–Crippen MR) is 65.5 cm³/mol. The lowest BCUT2D eigenvalue weighted by atomic mass is 10.1. The molecule has 88 valence electrons. The fourth-order valence-corrected chi connectivity index (χ4v) is 2.13. The van der Waals surface area contributed by atoms with Crippen molar-refractivity contribution in [2.45, 2.75) is 0 Å². The van der Waals surface area contributed by atoms with Crippen LogP contribution in [0.1, 0.15) is 9.67 Å². The number of aromatic carboxylic acids is 1. The van der Waals surface area contributed by atoms with Gasteiger partial charge < -0.3 is 15.6 Å². The van der Waals surface area contributed by atoms with E-state index in [4.69, 9.17) is 15.6 Å². The van der Waals surface area contributed by atoms with Crippen molar-refractivity contribution in [2.75, 3.05) is 12.8 Å². The molecular formula is C11H10N2O3S. The van der Waals surface area contributed by atoms with Crippen LogP contribution in [-0.2, 0) is 0 Å². The van der Waals surface area contributed by atoms with Crippen LogP contribution in [0.5, 0.6) is 5.75 Å². The Balaban J connectivity index is 2.50. The second-order valence-corrected chi connectivity index (χ2v) is 4.15. The third kappa shape index (κ3) is 2.07. The highest BCUT2D eigenvalue weighted by Gasteiger charge is 2.15. The number of nitrogens with zero attached hydrogens (tertiary/aromatic N) is 1. The van der Waals surface area contributed by atoms with Crippen LogP contribution in [0, 0.1) is 0 Å². The number of hydrogen-bond acceptors (Lipinski definition) is 5. The molecule has 0 saturated heterocycles. The molecule has 1 heterocycles. The molecule has 3 N–H and O–H groups in total. The van der Waals surface area contributed by atoms with E-state index in [1.165, 1.54) is 12.6 Å². The number of aromatic nitrogens is 1. The van der Waals surface area contributed by atoms with Gasteiger partial charge in [0, 0.05) is 5.56 Å². The van der Waals surface area contributed by atoms with Gasteiger partial charge in [-0.15, -0.1) is 11.3 Å². The number of ether oxygens (including phenoxy) is 1. The quantitative estimate of drug-likeness (QED) is 0.815. The molecule has 5 nitrogen and oxygen atoms in total. The molecule has 0 aliphatic carbocycles. The lowest BCUT2D eigenvalue weighted by molar-refractivity contribution is 0.0702. The average Bonchev–Trinajstić information content (AvgIpc) is 2.77. The van der Waals surface area contributed by atoms with Gasteiger partial charge in [0.15, 0.2) is 0 Å². The minimum Gasteiger partial charge on any atom is -0.495 e. The fourth-order valence-electron chi connectivity index (χ4n) is 1.49. The first-order chi connectivity index (χ1) is 8.13. The van der Waals surface area contributed by atoms with E-state index >= 15 is 0 Å². The highest BCUT2D eigenvalue weighted by atomic mass is 32.1. The number of nitrogens with two attached hydrogens (primary N) is 1. The average molecular weight is 250 g/mol.